The van der Waals surface area contributed by atoms with Crippen LogP contribution in [0.1, 0.15) is 63.9 Å². The molecule has 1 unspecified atom stereocenters. The van der Waals surface area contributed by atoms with E-state index in [4.69, 9.17) is 11.6 Å². The van der Waals surface area contributed by atoms with Gasteiger partial charge in [-0.2, -0.15) is 35.3 Å². The third-order valence-electron chi connectivity index (χ3n) is 6.99. The Bertz CT molecular complexity index is 1630. The smallest absolute Gasteiger partial charge is 0.378 e. The van der Waals surface area contributed by atoms with Gasteiger partial charge in [0.2, 0.25) is 5.84 Å². The van der Waals surface area contributed by atoms with Crippen molar-refractivity contribution in [1.82, 2.24) is 20.2 Å². The van der Waals surface area contributed by atoms with Crippen LogP contribution in [-0.4, -0.2) is 56.8 Å². The number of thioether (sulfide) groups is 1. The fraction of sp³-hybridized carbons (Fsp3) is 0.367. The number of hydrazine groups is 1. The lowest BCUT2D eigenvalue weighted by Gasteiger charge is -2.18. The fourth-order valence-electron chi connectivity index (χ4n) is 4.80. The number of aromatic nitrogens is 2. The summed E-state index contributed by atoms with van der Waals surface area (Å²) in [5, 5.41) is 23.5. The Kier molecular flexibility index (Phi) is 10.4. The van der Waals surface area contributed by atoms with Crippen LogP contribution in [0.3, 0.4) is 0 Å². The van der Waals surface area contributed by atoms with Gasteiger partial charge in [0.1, 0.15) is 5.69 Å². The van der Waals surface area contributed by atoms with E-state index in [2.05, 4.69) is 20.8 Å². The molecule has 6 N–H and O–H groups in total. The van der Waals surface area contributed by atoms with Crippen molar-refractivity contribution in [2.75, 3.05) is 17.3 Å². The molecule has 238 valence electrons. The van der Waals surface area contributed by atoms with E-state index in [-0.39, 0.29) is 40.2 Å². The molecule has 15 heteroatoms. The van der Waals surface area contributed by atoms with E-state index in [1.54, 1.807) is 24.8 Å². The Hall–Kier alpha value is -4.55. The number of allylic oxidation sites excluding steroid dienone is 6. The lowest BCUT2D eigenvalue weighted by Crippen LogP contribution is -2.36. The molecule has 2 aromatic rings. The number of nitrogens with two attached hydrogens (primary N) is 2. The summed E-state index contributed by atoms with van der Waals surface area (Å²) in [7, 11) is 0. The van der Waals surface area contributed by atoms with Crippen LogP contribution in [0.5, 0.6) is 0 Å². The first-order valence-electron chi connectivity index (χ1n) is 14.1. The number of hydrogen-bond acceptors (Lipinski definition) is 8. The van der Waals surface area contributed by atoms with E-state index in [9.17, 15) is 28.0 Å². The molecular formula is C30H34F3N9O2S. The second kappa shape index (κ2) is 14.0. The molecule has 2 amide bonds. The number of amides is 2. The number of nitrogens with one attached hydrogen (secondary N) is 2. The van der Waals surface area contributed by atoms with Crippen molar-refractivity contribution in [3.8, 4) is 6.07 Å². The molecule has 1 heterocycles. The molecule has 0 saturated heterocycles. The largest absolute Gasteiger partial charge is 0.450 e. The Balaban J connectivity index is 1.75. The summed E-state index contributed by atoms with van der Waals surface area (Å²) in [5.41, 5.74) is 7.90. The van der Waals surface area contributed by atoms with Crippen molar-refractivity contribution in [3.63, 3.8) is 0 Å². The fourth-order valence-corrected chi connectivity index (χ4v) is 5.38. The van der Waals surface area contributed by atoms with Crippen LogP contribution in [0.15, 0.2) is 53.2 Å². The standard InChI is InChI=1S/C30H34F3N9O2S/c1-17-11-19(14-34)12-23(27(43)37-18(2)16-45-3)26(17)38-28(44)25-13-21(15-41(36)40-29(35)30(31,32)33)39-42(25)24-8-6-4-5-7-22(24)20-9-10-20/h4-5,7-8,11-13,18,20H,6,9-10,15-16,36H2,1-3H3,(H2,35,40)(H,37,43)(H,38,44). The first-order valence-corrected chi connectivity index (χ1v) is 15.5. The van der Waals surface area contributed by atoms with E-state index < -0.39 is 30.4 Å². The molecule has 0 spiro atoms. The number of hydrazone groups is 1. The van der Waals surface area contributed by atoms with Gasteiger partial charge in [-0.1, -0.05) is 24.3 Å². The van der Waals surface area contributed by atoms with Gasteiger partial charge in [0, 0.05) is 11.8 Å². The van der Waals surface area contributed by atoms with Crippen molar-refractivity contribution in [1.29, 1.82) is 5.26 Å². The van der Waals surface area contributed by atoms with Crippen LogP contribution >= 0.6 is 11.8 Å². The van der Waals surface area contributed by atoms with Gasteiger partial charge in [0.25, 0.3) is 11.8 Å². The van der Waals surface area contributed by atoms with Crippen molar-refractivity contribution < 1.29 is 22.8 Å². The summed E-state index contributed by atoms with van der Waals surface area (Å²) in [5.74, 6) is 3.92. The molecule has 0 bridgehead atoms. The van der Waals surface area contributed by atoms with Crippen LogP contribution in [-0.2, 0) is 6.54 Å². The summed E-state index contributed by atoms with van der Waals surface area (Å²) in [6.07, 6.45) is 7.29. The highest BCUT2D eigenvalue weighted by Crippen LogP contribution is 2.42. The van der Waals surface area contributed by atoms with Crippen molar-refractivity contribution in [2.45, 2.75) is 51.9 Å². The van der Waals surface area contributed by atoms with Gasteiger partial charge in [0.15, 0.2) is 0 Å². The van der Waals surface area contributed by atoms with Gasteiger partial charge < -0.3 is 16.4 Å². The zero-order valence-corrected chi connectivity index (χ0v) is 25.8. The maximum atomic E-state index is 14.0. The minimum atomic E-state index is -4.87. The molecule has 45 heavy (non-hydrogen) atoms. The molecule has 11 nitrogen and oxygen atoms in total. The van der Waals surface area contributed by atoms with Crippen LogP contribution in [0.25, 0.3) is 5.70 Å². The normalized spacial score (nSPS) is 15.8. The first kappa shape index (κ1) is 33.3. The van der Waals surface area contributed by atoms with Crippen molar-refractivity contribution in [3.05, 3.63) is 76.2 Å². The average Bonchev–Trinajstić information content (AvgIpc) is 3.76. The van der Waals surface area contributed by atoms with E-state index in [1.165, 1.54) is 16.8 Å². The second-order valence-electron chi connectivity index (χ2n) is 10.8. The van der Waals surface area contributed by atoms with Gasteiger partial charge in [-0.05, 0) is 74.6 Å². The van der Waals surface area contributed by atoms with Gasteiger partial charge in [-0.15, -0.1) is 5.10 Å². The van der Waals surface area contributed by atoms with Crippen molar-refractivity contribution in [2.24, 2.45) is 22.6 Å². The molecule has 2 aliphatic carbocycles. The summed E-state index contributed by atoms with van der Waals surface area (Å²) in [4.78, 5) is 27.3. The van der Waals surface area contributed by atoms with Crippen molar-refractivity contribution >= 4 is 40.8 Å². The molecule has 1 aromatic carbocycles. The van der Waals surface area contributed by atoms with Gasteiger partial charge in [-0.3, -0.25) is 9.59 Å². The van der Waals surface area contributed by atoms with Crippen LogP contribution in [0.4, 0.5) is 18.9 Å². The molecular weight excluding hydrogens is 607 g/mol. The molecule has 0 radical (unpaired) electrons. The van der Waals surface area contributed by atoms with Crippen LogP contribution in [0, 0.1) is 24.2 Å². The number of nitrogens with zero attached hydrogens (tertiary/aromatic N) is 5. The number of carbonyl (C=O) groups excluding carboxylic acids is 2. The monoisotopic (exact) mass is 641 g/mol. The number of halogens is 3. The highest BCUT2D eigenvalue weighted by molar-refractivity contribution is 7.98. The number of benzene rings is 1. The topological polar surface area (TPSA) is 167 Å². The Morgan fingerprint density at radius 1 is 1.29 bits per heavy atom. The lowest BCUT2D eigenvalue weighted by molar-refractivity contribution is -0.0615. The van der Waals surface area contributed by atoms with Gasteiger partial charge >= 0.3 is 6.18 Å². The number of carbonyl (C=O) groups is 2. The van der Waals surface area contributed by atoms with Gasteiger partial charge in [0.05, 0.1) is 40.8 Å². The number of aryl methyl sites for hydroxylation is 1. The third-order valence-corrected chi connectivity index (χ3v) is 7.82. The van der Waals surface area contributed by atoms with E-state index >= 15 is 0 Å². The zero-order chi connectivity index (χ0) is 32.9. The highest BCUT2D eigenvalue weighted by atomic mass is 32.2. The van der Waals surface area contributed by atoms with E-state index in [1.807, 2.05) is 43.6 Å². The minimum absolute atomic E-state index is 0.0525. The maximum Gasteiger partial charge on any atom is 0.450 e. The number of nitriles is 1. The Morgan fingerprint density at radius 3 is 2.67 bits per heavy atom. The van der Waals surface area contributed by atoms with Crippen LogP contribution < -0.4 is 22.2 Å². The molecule has 1 fully saturated rings. The van der Waals surface area contributed by atoms with E-state index in [0.717, 1.165) is 18.4 Å². The number of hydrogen-bond donors (Lipinski definition) is 4. The Labute approximate surface area is 262 Å². The molecule has 1 saturated carbocycles. The third kappa shape index (κ3) is 8.34. The average molecular weight is 642 g/mol. The number of anilines is 1. The molecule has 1 atom stereocenters. The molecule has 1 aromatic heterocycles. The molecule has 0 aliphatic heterocycles. The number of alkyl halides is 3. The predicted octanol–water partition coefficient (Wildman–Crippen LogP) is 4.44. The molecule has 2 aliphatic rings. The number of amidine groups is 1. The summed E-state index contributed by atoms with van der Waals surface area (Å²) >= 11 is 1.56. The maximum absolute atomic E-state index is 14.0. The first-order chi connectivity index (χ1) is 21.3. The quantitative estimate of drug-likeness (QED) is 0.121. The Morgan fingerprint density at radius 2 is 2.02 bits per heavy atom. The lowest BCUT2D eigenvalue weighted by atomic mass is 10.0. The molecule has 4 rings (SSSR count). The predicted molar refractivity (Wildman–Crippen MR) is 168 cm³/mol. The number of rotatable bonds is 11. The zero-order valence-electron chi connectivity index (χ0n) is 25.0. The second-order valence-corrected chi connectivity index (χ2v) is 11.7. The summed E-state index contributed by atoms with van der Waals surface area (Å²) < 4.78 is 40.2. The van der Waals surface area contributed by atoms with Crippen LogP contribution in [0.2, 0.25) is 0 Å². The van der Waals surface area contributed by atoms with E-state index in [0.29, 0.717) is 28.6 Å². The highest BCUT2D eigenvalue weighted by Gasteiger charge is 2.35. The summed E-state index contributed by atoms with van der Waals surface area (Å²) in [6, 6.07) is 6.23. The summed E-state index contributed by atoms with van der Waals surface area (Å²) in [6.45, 7) is 3.13. The van der Waals surface area contributed by atoms with Gasteiger partial charge in [-0.25, -0.2) is 15.6 Å². The SMILES string of the molecule is CSCC(C)NC(=O)c1cc(C#N)cc(C)c1NC(=O)c1cc(CN(N)N=C(N)C(F)(F)F)nn1C1=CCC=CC=C1C1CC1. The minimum Gasteiger partial charge on any atom is -0.378 e.